The normalized spacial score (nSPS) is 36.5. The van der Waals surface area contributed by atoms with Crippen LogP contribution in [0.4, 0.5) is 0 Å². The minimum absolute atomic E-state index is 0.276. The molecule has 86 valence electrons. The molecule has 4 nitrogen and oxygen atoms in total. The van der Waals surface area contributed by atoms with E-state index in [4.69, 9.17) is 5.73 Å². The first-order chi connectivity index (χ1) is 7.24. The third kappa shape index (κ3) is 2.01. The van der Waals surface area contributed by atoms with Crippen molar-refractivity contribution >= 4 is 5.97 Å². The number of rotatable bonds is 3. The molecule has 3 N–H and O–H groups in total. The van der Waals surface area contributed by atoms with E-state index in [0.717, 1.165) is 19.4 Å². The molecule has 3 unspecified atom stereocenters. The van der Waals surface area contributed by atoms with E-state index in [0.29, 0.717) is 18.5 Å². The summed E-state index contributed by atoms with van der Waals surface area (Å²) in [6, 6.07) is 0.213. The van der Waals surface area contributed by atoms with E-state index in [1.165, 1.54) is 19.3 Å². The standard InChI is InChI=1S/C11H20N2O2/c12-5-6-13-9-4-2-1-3-8(9)7-10(13)11(14)15/h8-10H,1-7,12H2,(H,14,15). The van der Waals surface area contributed by atoms with Gasteiger partial charge in [-0.1, -0.05) is 12.8 Å². The van der Waals surface area contributed by atoms with Gasteiger partial charge in [-0.3, -0.25) is 9.69 Å². The number of carbonyl (C=O) groups is 1. The minimum Gasteiger partial charge on any atom is -0.480 e. The Morgan fingerprint density at radius 2 is 2.13 bits per heavy atom. The molecule has 2 rings (SSSR count). The second-order valence-corrected chi connectivity index (χ2v) is 4.73. The summed E-state index contributed by atoms with van der Waals surface area (Å²) >= 11 is 0. The predicted octanol–water partition coefficient (Wildman–Crippen LogP) is 0.663. The Hall–Kier alpha value is -0.610. The lowest BCUT2D eigenvalue weighted by Crippen LogP contribution is -2.44. The van der Waals surface area contributed by atoms with Crippen molar-refractivity contribution in [2.75, 3.05) is 13.1 Å². The highest BCUT2D eigenvalue weighted by atomic mass is 16.4. The molecule has 2 fully saturated rings. The number of nitrogens with two attached hydrogens (primary N) is 1. The van der Waals surface area contributed by atoms with Gasteiger partial charge >= 0.3 is 5.97 Å². The molecule has 15 heavy (non-hydrogen) atoms. The zero-order chi connectivity index (χ0) is 10.8. The maximum atomic E-state index is 11.1. The summed E-state index contributed by atoms with van der Waals surface area (Å²) in [7, 11) is 0. The van der Waals surface area contributed by atoms with Gasteiger partial charge in [-0.25, -0.2) is 0 Å². The van der Waals surface area contributed by atoms with Gasteiger partial charge in [0.25, 0.3) is 0 Å². The lowest BCUT2D eigenvalue weighted by Gasteiger charge is -2.32. The molecule has 0 aromatic rings. The topological polar surface area (TPSA) is 66.6 Å². The van der Waals surface area contributed by atoms with Crippen LogP contribution in [0.3, 0.4) is 0 Å². The second kappa shape index (κ2) is 4.49. The van der Waals surface area contributed by atoms with Crippen LogP contribution in [0, 0.1) is 5.92 Å². The summed E-state index contributed by atoms with van der Waals surface area (Å²) < 4.78 is 0. The molecule has 0 amide bonds. The number of carboxylic acid groups (broad SMARTS) is 1. The Kier molecular flexibility index (Phi) is 3.26. The Morgan fingerprint density at radius 3 is 2.80 bits per heavy atom. The zero-order valence-corrected chi connectivity index (χ0v) is 9.06. The minimum atomic E-state index is -0.669. The molecule has 1 aliphatic carbocycles. The molecule has 0 radical (unpaired) electrons. The van der Waals surface area contributed by atoms with Crippen molar-refractivity contribution < 1.29 is 9.90 Å². The van der Waals surface area contributed by atoms with E-state index < -0.39 is 5.97 Å². The van der Waals surface area contributed by atoms with Gasteiger partial charge in [0, 0.05) is 19.1 Å². The molecule has 0 aromatic carbocycles. The van der Waals surface area contributed by atoms with Gasteiger partial charge in [0.15, 0.2) is 0 Å². The number of likely N-dealkylation sites (tertiary alicyclic amines) is 1. The number of hydrogen-bond donors (Lipinski definition) is 2. The van der Waals surface area contributed by atoms with Crippen LogP contribution in [-0.4, -0.2) is 41.1 Å². The van der Waals surface area contributed by atoms with E-state index in [2.05, 4.69) is 4.90 Å². The summed E-state index contributed by atoms with van der Waals surface area (Å²) in [4.78, 5) is 13.3. The first-order valence-electron chi connectivity index (χ1n) is 5.92. The molecule has 2 aliphatic rings. The Morgan fingerprint density at radius 1 is 1.40 bits per heavy atom. The van der Waals surface area contributed by atoms with Gasteiger partial charge in [0.05, 0.1) is 0 Å². The van der Waals surface area contributed by atoms with Gasteiger partial charge in [-0.15, -0.1) is 0 Å². The van der Waals surface area contributed by atoms with Gasteiger partial charge in [-0.05, 0) is 25.2 Å². The monoisotopic (exact) mass is 212 g/mol. The van der Waals surface area contributed by atoms with Gasteiger partial charge in [-0.2, -0.15) is 0 Å². The molecule has 3 atom stereocenters. The summed E-state index contributed by atoms with van der Waals surface area (Å²) in [5.74, 6) is -0.0655. The molecule has 0 bridgehead atoms. The van der Waals surface area contributed by atoms with Gasteiger partial charge in [0.2, 0.25) is 0 Å². The predicted molar refractivity (Wildman–Crippen MR) is 57.5 cm³/mol. The highest BCUT2D eigenvalue weighted by Crippen LogP contribution is 2.39. The molecule has 1 aliphatic heterocycles. The van der Waals surface area contributed by atoms with Crippen molar-refractivity contribution in [2.45, 2.75) is 44.2 Å². The molecule has 0 aromatic heterocycles. The highest BCUT2D eigenvalue weighted by Gasteiger charge is 2.44. The van der Waals surface area contributed by atoms with Crippen molar-refractivity contribution in [3.63, 3.8) is 0 Å². The van der Waals surface area contributed by atoms with Crippen LogP contribution in [0.2, 0.25) is 0 Å². The van der Waals surface area contributed by atoms with Crippen molar-refractivity contribution in [2.24, 2.45) is 11.7 Å². The van der Waals surface area contributed by atoms with Gasteiger partial charge < -0.3 is 10.8 Å². The Balaban J connectivity index is 2.10. The number of carboxylic acids is 1. The van der Waals surface area contributed by atoms with Crippen LogP contribution in [0.1, 0.15) is 32.1 Å². The molecule has 4 heteroatoms. The first-order valence-corrected chi connectivity index (χ1v) is 5.92. The maximum absolute atomic E-state index is 11.1. The molecular formula is C11H20N2O2. The summed E-state index contributed by atoms with van der Waals surface area (Å²) in [5.41, 5.74) is 5.56. The smallest absolute Gasteiger partial charge is 0.320 e. The molecule has 1 saturated heterocycles. The number of aliphatic carboxylic acids is 1. The van der Waals surface area contributed by atoms with Crippen LogP contribution < -0.4 is 5.73 Å². The van der Waals surface area contributed by atoms with Crippen LogP contribution >= 0.6 is 0 Å². The van der Waals surface area contributed by atoms with Crippen molar-refractivity contribution in [3.8, 4) is 0 Å². The fraction of sp³-hybridized carbons (Fsp3) is 0.909. The summed E-state index contributed by atoms with van der Waals surface area (Å²) in [5, 5.41) is 9.17. The lowest BCUT2D eigenvalue weighted by molar-refractivity contribution is -0.142. The number of nitrogens with zero attached hydrogens (tertiary/aromatic N) is 1. The molecule has 1 heterocycles. The highest BCUT2D eigenvalue weighted by molar-refractivity contribution is 5.74. The van der Waals surface area contributed by atoms with Crippen LogP contribution in [-0.2, 0) is 4.79 Å². The quantitative estimate of drug-likeness (QED) is 0.721. The number of fused-ring (bicyclic) bond motifs is 1. The van der Waals surface area contributed by atoms with Crippen molar-refractivity contribution in [1.29, 1.82) is 0 Å². The van der Waals surface area contributed by atoms with E-state index in [1.807, 2.05) is 0 Å². The van der Waals surface area contributed by atoms with Crippen molar-refractivity contribution in [1.82, 2.24) is 4.90 Å². The SMILES string of the molecule is NCCN1C(C(=O)O)CC2CCCCC21. The third-order valence-electron chi connectivity index (χ3n) is 3.89. The number of hydrogen-bond acceptors (Lipinski definition) is 3. The van der Waals surface area contributed by atoms with Gasteiger partial charge in [0.1, 0.15) is 6.04 Å². The lowest BCUT2D eigenvalue weighted by atomic mass is 9.85. The fourth-order valence-electron chi connectivity index (χ4n) is 3.27. The van der Waals surface area contributed by atoms with Crippen LogP contribution in [0.15, 0.2) is 0 Å². The maximum Gasteiger partial charge on any atom is 0.320 e. The largest absolute Gasteiger partial charge is 0.480 e. The average molecular weight is 212 g/mol. The Bertz CT molecular complexity index is 245. The average Bonchev–Trinajstić information content (AvgIpc) is 2.58. The van der Waals surface area contributed by atoms with E-state index in [9.17, 15) is 9.90 Å². The molecule has 0 spiro atoms. The van der Waals surface area contributed by atoms with Crippen LogP contribution in [0.25, 0.3) is 0 Å². The molecular weight excluding hydrogens is 192 g/mol. The van der Waals surface area contributed by atoms with Crippen LogP contribution in [0.5, 0.6) is 0 Å². The third-order valence-corrected chi connectivity index (χ3v) is 3.89. The summed E-state index contributed by atoms with van der Waals surface area (Å²) in [6.07, 6.45) is 5.71. The first kappa shape index (κ1) is 10.9. The molecule has 1 saturated carbocycles. The summed E-state index contributed by atoms with van der Waals surface area (Å²) in [6.45, 7) is 1.30. The zero-order valence-electron chi connectivity index (χ0n) is 9.06. The second-order valence-electron chi connectivity index (χ2n) is 4.73. The van der Waals surface area contributed by atoms with E-state index in [1.54, 1.807) is 0 Å². The van der Waals surface area contributed by atoms with Crippen molar-refractivity contribution in [3.05, 3.63) is 0 Å². The fourth-order valence-corrected chi connectivity index (χ4v) is 3.27. The van der Waals surface area contributed by atoms with E-state index in [-0.39, 0.29) is 6.04 Å². The van der Waals surface area contributed by atoms with E-state index >= 15 is 0 Å². The Labute approximate surface area is 90.4 Å².